The zero-order chi connectivity index (χ0) is 11.8. The topological polar surface area (TPSA) is 99.1 Å². The van der Waals surface area contributed by atoms with Crippen molar-refractivity contribution in [1.82, 2.24) is 19.5 Å². The van der Waals surface area contributed by atoms with Crippen molar-refractivity contribution in [3.8, 4) is 0 Å². The van der Waals surface area contributed by atoms with Crippen LogP contribution in [0.3, 0.4) is 0 Å². The van der Waals surface area contributed by atoms with Crippen LogP contribution in [0.2, 0.25) is 0 Å². The van der Waals surface area contributed by atoms with Gasteiger partial charge in [0, 0.05) is 12.5 Å². The van der Waals surface area contributed by atoms with Gasteiger partial charge < -0.3 is 15.6 Å². The molecule has 7 heteroatoms. The molecule has 17 heavy (non-hydrogen) atoms. The molecule has 0 amide bonds. The first-order valence-corrected chi connectivity index (χ1v) is 5.45. The molecule has 7 nitrogen and oxygen atoms in total. The number of aromatic nitrogens is 4. The number of aliphatic hydroxyl groups excluding tert-OH is 1. The van der Waals surface area contributed by atoms with Crippen LogP contribution in [0, 0.1) is 5.92 Å². The highest BCUT2D eigenvalue weighted by Crippen LogP contribution is 2.30. The average molecular weight is 235 g/mol. The molecule has 3 N–H and O–H groups in total. The Kier molecular flexibility index (Phi) is 2.41. The van der Waals surface area contributed by atoms with Gasteiger partial charge in [0.25, 0.3) is 0 Å². The lowest BCUT2D eigenvalue weighted by Crippen LogP contribution is -2.08. The standard InChI is InChI=1S/C10H13N5O2/c11-9-8-10(13-4-12-9)15(5-14-8)7-1-6(2-16)3-17-7/h4-7,16H,1-3H2,(H2,11,12,13)/t6-,7-/m1/s1. The molecular weight excluding hydrogens is 222 g/mol. The van der Waals surface area contributed by atoms with E-state index < -0.39 is 0 Å². The van der Waals surface area contributed by atoms with E-state index in [-0.39, 0.29) is 18.8 Å². The predicted octanol–water partition coefficient (Wildman–Crippen LogP) is -0.0641. The number of nitrogens with two attached hydrogens (primary N) is 1. The largest absolute Gasteiger partial charge is 0.396 e. The lowest BCUT2D eigenvalue weighted by molar-refractivity contribution is 0.0551. The van der Waals surface area contributed by atoms with Crippen LogP contribution in [0.15, 0.2) is 12.7 Å². The maximum atomic E-state index is 9.09. The summed E-state index contributed by atoms with van der Waals surface area (Å²) in [5.74, 6) is 0.544. The summed E-state index contributed by atoms with van der Waals surface area (Å²) >= 11 is 0. The van der Waals surface area contributed by atoms with E-state index in [2.05, 4.69) is 15.0 Å². The van der Waals surface area contributed by atoms with Gasteiger partial charge in [-0.3, -0.25) is 4.57 Å². The Morgan fingerprint density at radius 3 is 3.12 bits per heavy atom. The quantitative estimate of drug-likeness (QED) is 0.756. The van der Waals surface area contributed by atoms with Crippen molar-refractivity contribution in [3.63, 3.8) is 0 Å². The van der Waals surface area contributed by atoms with Crippen LogP contribution in [-0.2, 0) is 4.74 Å². The molecule has 2 aromatic rings. The van der Waals surface area contributed by atoms with Gasteiger partial charge >= 0.3 is 0 Å². The van der Waals surface area contributed by atoms with E-state index >= 15 is 0 Å². The van der Waals surface area contributed by atoms with Crippen LogP contribution < -0.4 is 5.73 Å². The molecule has 0 aliphatic carbocycles. The first-order valence-electron chi connectivity index (χ1n) is 5.45. The molecule has 1 aliphatic rings. The van der Waals surface area contributed by atoms with Crippen molar-refractivity contribution in [2.24, 2.45) is 5.92 Å². The minimum Gasteiger partial charge on any atom is -0.396 e. The van der Waals surface area contributed by atoms with Gasteiger partial charge in [0.05, 0.1) is 12.9 Å². The third kappa shape index (κ3) is 1.63. The van der Waals surface area contributed by atoms with Gasteiger partial charge in [0.2, 0.25) is 0 Å². The summed E-state index contributed by atoms with van der Waals surface area (Å²) in [6.07, 6.45) is 3.69. The summed E-state index contributed by atoms with van der Waals surface area (Å²) < 4.78 is 7.45. The molecule has 0 aromatic carbocycles. The number of hydrogen-bond acceptors (Lipinski definition) is 6. The van der Waals surface area contributed by atoms with E-state index in [1.54, 1.807) is 6.33 Å². The van der Waals surface area contributed by atoms with E-state index in [0.29, 0.717) is 23.6 Å². The van der Waals surface area contributed by atoms with Gasteiger partial charge in [-0.1, -0.05) is 0 Å². The third-order valence-electron chi connectivity index (χ3n) is 3.01. The number of nitrogen functional groups attached to an aromatic ring is 1. The van der Waals surface area contributed by atoms with Gasteiger partial charge in [-0.15, -0.1) is 0 Å². The molecular formula is C10H13N5O2. The second kappa shape index (κ2) is 3.94. The van der Waals surface area contributed by atoms with Crippen LogP contribution in [0.25, 0.3) is 11.2 Å². The van der Waals surface area contributed by atoms with Crippen molar-refractivity contribution in [3.05, 3.63) is 12.7 Å². The fourth-order valence-corrected chi connectivity index (χ4v) is 2.07. The molecule has 2 aromatic heterocycles. The first kappa shape index (κ1) is 10.4. The second-order valence-electron chi connectivity index (χ2n) is 4.16. The van der Waals surface area contributed by atoms with E-state index in [1.807, 2.05) is 4.57 Å². The SMILES string of the molecule is Nc1ncnc2c1ncn2[C@H]1C[C@H](CO)CO1. The molecule has 1 fully saturated rings. The fourth-order valence-electron chi connectivity index (χ4n) is 2.07. The number of aliphatic hydroxyl groups is 1. The highest BCUT2D eigenvalue weighted by molar-refractivity contribution is 5.81. The Hall–Kier alpha value is -1.73. The zero-order valence-corrected chi connectivity index (χ0v) is 9.15. The minimum absolute atomic E-state index is 0.133. The number of hydrogen-bond donors (Lipinski definition) is 2. The summed E-state index contributed by atoms with van der Waals surface area (Å²) in [4.78, 5) is 12.2. The molecule has 90 valence electrons. The molecule has 3 heterocycles. The van der Waals surface area contributed by atoms with E-state index in [9.17, 15) is 0 Å². The van der Waals surface area contributed by atoms with Gasteiger partial charge in [-0.2, -0.15) is 0 Å². The number of ether oxygens (including phenoxy) is 1. The minimum atomic E-state index is -0.133. The molecule has 3 rings (SSSR count). The number of rotatable bonds is 2. The van der Waals surface area contributed by atoms with E-state index in [0.717, 1.165) is 6.42 Å². The Bertz CT molecular complexity index is 540. The lowest BCUT2D eigenvalue weighted by Gasteiger charge is -2.11. The lowest BCUT2D eigenvalue weighted by atomic mass is 10.1. The van der Waals surface area contributed by atoms with Crippen molar-refractivity contribution >= 4 is 17.0 Å². The predicted molar refractivity (Wildman–Crippen MR) is 59.9 cm³/mol. The molecule has 1 saturated heterocycles. The van der Waals surface area contributed by atoms with E-state index in [1.165, 1.54) is 6.33 Å². The maximum Gasteiger partial charge on any atom is 0.167 e. The molecule has 0 spiro atoms. The molecule has 2 atom stereocenters. The Balaban J connectivity index is 1.99. The first-order chi connectivity index (χ1) is 8.29. The van der Waals surface area contributed by atoms with Crippen molar-refractivity contribution in [1.29, 1.82) is 0 Å². The van der Waals surface area contributed by atoms with Gasteiger partial charge in [0.15, 0.2) is 11.5 Å². The monoisotopic (exact) mass is 235 g/mol. The molecule has 0 bridgehead atoms. The van der Waals surface area contributed by atoms with Crippen LogP contribution in [0.4, 0.5) is 5.82 Å². The molecule has 0 unspecified atom stereocenters. The maximum absolute atomic E-state index is 9.09. The third-order valence-corrected chi connectivity index (χ3v) is 3.01. The molecule has 0 saturated carbocycles. The van der Waals surface area contributed by atoms with Crippen molar-refractivity contribution in [2.75, 3.05) is 18.9 Å². The summed E-state index contributed by atoms with van der Waals surface area (Å²) in [5, 5.41) is 9.09. The van der Waals surface area contributed by atoms with E-state index in [4.69, 9.17) is 15.6 Å². The van der Waals surface area contributed by atoms with Gasteiger partial charge in [-0.05, 0) is 6.42 Å². The zero-order valence-electron chi connectivity index (χ0n) is 9.15. The summed E-state index contributed by atoms with van der Waals surface area (Å²) in [7, 11) is 0. The Morgan fingerprint density at radius 2 is 2.35 bits per heavy atom. The van der Waals surface area contributed by atoms with Crippen LogP contribution in [-0.4, -0.2) is 37.8 Å². The number of nitrogens with zero attached hydrogens (tertiary/aromatic N) is 4. The van der Waals surface area contributed by atoms with Crippen LogP contribution in [0.1, 0.15) is 12.6 Å². The Morgan fingerprint density at radius 1 is 1.47 bits per heavy atom. The summed E-state index contributed by atoms with van der Waals surface area (Å²) in [6.45, 7) is 0.696. The molecule has 1 aliphatic heterocycles. The number of imidazole rings is 1. The highest BCUT2D eigenvalue weighted by atomic mass is 16.5. The second-order valence-corrected chi connectivity index (χ2v) is 4.16. The van der Waals surface area contributed by atoms with Crippen molar-refractivity contribution in [2.45, 2.75) is 12.6 Å². The highest BCUT2D eigenvalue weighted by Gasteiger charge is 2.27. The normalized spacial score (nSPS) is 24.5. The summed E-state index contributed by atoms with van der Waals surface area (Å²) in [5.41, 5.74) is 6.97. The van der Waals surface area contributed by atoms with Gasteiger partial charge in [-0.25, -0.2) is 15.0 Å². The molecule has 0 radical (unpaired) electrons. The fraction of sp³-hybridized carbons (Fsp3) is 0.500. The van der Waals surface area contributed by atoms with Crippen LogP contribution in [0.5, 0.6) is 0 Å². The number of fused-ring (bicyclic) bond motifs is 1. The average Bonchev–Trinajstić information content (AvgIpc) is 2.94. The van der Waals surface area contributed by atoms with Crippen molar-refractivity contribution < 1.29 is 9.84 Å². The van der Waals surface area contributed by atoms with Gasteiger partial charge in [0.1, 0.15) is 18.1 Å². The smallest absolute Gasteiger partial charge is 0.167 e. The van der Waals surface area contributed by atoms with Crippen LogP contribution >= 0.6 is 0 Å². The Labute approximate surface area is 97.3 Å². The summed E-state index contributed by atoms with van der Waals surface area (Å²) in [6, 6.07) is 0. The number of anilines is 1.